The summed E-state index contributed by atoms with van der Waals surface area (Å²) in [6.45, 7) is 1.50. The molecule has 1 saturated heterocycles. The van der Waals surface area contributed by atoms with Gasteiger partial charge in [-0.1, -0.05) is 35.1 Å². The summed E-state index contributed by atoms with van der Waals surface area (Å²) in [4.78, 5) is 7.57. The molecule has 0 spiro atoms. The maximum Gasteiger partial charge on any atom is 0.214 e. The van der Waals surface area contributed by atoms with Crippen LogP contribution in [0.25, 0.3) is 16.2 Å². The number of aromatic nitrogens is 3. The lowest BCUT2D eigenvalue weighted by atomic mass is 10.2. The van der Waals surface area contributed by atoms with Gasteiger partial charge in [0.2, 0.25) is 10.1 Å². The second-order valence-electron chi connectivity index (χ2n) is 5.13. The van der Waals surface area contributed by atoms with Crippen molar-refractivity contribution < 1.29 is 5.11 Å². The Balaban J connectivity index is 1.66. The van der Waals surface area contributed by atoms with Crippen LogP contribution in [0, 0.1) is 0 Å². The molecule has 1 aromatic carbocycles. The molecule has 0 radical (unpaired) electrons. The van der Waals surface area contributed by atoms with Crippen LogP contribution in [0.5, 0.6) is 0 Å². The van der Waals surface area contributed by atoms with Crippen LogP contribution in [-0.4, -0.2) is 38.9 Å². The Kier molecular flexibility index (Phi) is 3.10. The van der Waals surface area contributed by atoms with Crippen molar-refractivity contribution >= 4 is 33.0 Å². The average molecular weight is 321 g/mol. The van der Waals surface area contributed by atoms with E-state index in [9.17, 15) is 5.11 Å². The van der Waals surface area contributed by atoms with Crippen molar-refractivity contribution in [3.05, 3.63) is 35.5 Å². The molecule has 7 heteroatoms. The van der Waals surface area contributed by atoms with Gasteiger partial charge in [0.25, 0.3) is 0 Å². The summed E-state index contributed by atoms with van der Waals surface area (Å²) in [7, 11) is 0. The molecule has 2 aromatic heterocycles. The molecule has 0 aliphatic carbocycles. The Bertz CT molecular complexity index is 750. The van der Waals surface area contributed by atoms with Crippen LogP contribution in [0.4, 0.5) is 5.13 Å². The SMILES string of the molecule is O[C@@H]1CCN(c2nn3cc(-c4ccc(Cl)cc4)nc3s2)C1. The summed E-state index contributed by atoms with van der Waals surface area (Å²) in [5.41, 5.74) is 1.91. The van der Waals surface area contributed by atoms with Gasteiger partial charge in [0, 0.05) is 23.7 Å². The molecule has 4 rings (SSSR count). The molecule has 108 valence electrons. The van der Waals surface area contributed by atoms with Crippen LogP contribution in [0.15, 0.2) is 30.5 Å². The standard InChI is InChI=1S/C14H13ClN4OS/c15-10-3-1-9(2-4-10)12-8-19-13(16-12)21-14(17-19)18-6-5-11(20)7-18/h1-4,8,11,20H,5-7H2/t11-/m1/s1. The van der Waals surface area contributed by atoms with Gasteiger partial charge in [0.05, 0.1) is 18.0 Å². The van der Waals surface area contributed by atoms with E-state index in [1.165, 1.54) is 0 Å². The molecule has 0 unspecified atom stereocenters. The van der Waals surface area contributed by atoms with E-state index in [1.807, 2.05) is 30.5 Å². The Hall–Kier alpha value is -1.63. The number of aliphatic hydroxyl groups excluding tert-OH is 1. The zero-order valence-electron chi connectivity index (χ0n) is 11.1. The van der Waals surface area contributed by atoms with Crippen molar-refractivity contribution in [2.75, 3.05) is 18.0 Å². The first-order valence-electron chi connectivity index (χ1n) is 6.74. The second-order valence-corrected chi connectivity index (χ2v) is 6.50. The molecule has 0 amide bonds. The van der Waals surface area contributed by atoms with Crippen LogP contribution in [0.2, 0.25) is 5.02 Å². The van der Waals surface area contributed by atoms with Crippen molar-refractivity contribution in [3.8, 4) is 11.3 Å². The smallest absolute Gasteiger partial charge is 0.214 e. The molecule has 1 aliphatic heterocycles. The van der Waals surface area contributed by atoms with Crippen molar-refractivity contribution in [1.29, 1.82) is 0 Å². The molecule has 3 aromatic rings. The lowest BCUT2D eigenvalue weighted by Gasteiger charge is -2.11. The maximum atomic E-state index is 9.60. The largest absolute Gasteiger partial charge is 0.391 e. The number of β-amino-alcohol motifs (C(OH)–C–C–N with tert-alkyl or cyclic N) is 1. The van der Waals surface area contributed by atoms with E-state index in [-0.39, 0.29) is 6.10 Å². The zero-order valence-corrected chi connectivity index (χ0v) is 12.7. The first kappa shape index (κ1) is 13.1. The first-order chi connectivity index (χ1) is 10.2. The van der Waals surface area contributed by atoms with Gasteiger partial charge in [0.1, 0.15) is 0 Å². The van der Waals surface area contributed by atoms with Gasteiger partial charge < -0.3 is 10.0 Å². The number of anilines is 1. The third-order valence-corrected chi connectivity index (χ3v) is 4.84. The summed E-state index contributed by atoms with van der Waals surface area (Å²) in [5, 5.41) is 15.8. The highest BCUT2D eigenvalue weighted by molar-refractivity contribution is 7.20. The molecule has 21 heavy (non-hydrogen) atoms. The van der Waals surface area contributed by atoms with Crippen molar-refractivity contribution in [1.82, 2.24) is 14.6 Å². The molecule has 1 N–H and O–H groups in total. The van der Waals surface area contributed by atoms with Gasteiger partial charge in [-0.2, -0.15) is 0 Å². The van der Waals surface area contributed by atoms with E-state index in [4.69, 9.17) is 11.6 Å². The number of hydrogen-bond donors (Lipinski definition) is 1. The van der Waals surface area contributed by atoms with E-state index >= 15 is 0 Å². The molecule has 5 nitrogen and oxygen atoms in total. The number of hydrogen-bond acceptors (Lipinski definition) is 5. The van der Waals surface area contributed by atoms with E-state index in [2.05, 4.69) is 15.0 Å². The molecule has 1 atom stereocenters. The quantitative estimate of drug-likeness (QED) is 0.789. The fourth-order valence-corrected chi connectivity index (χ4v) is 3.54. The van der Waals surface area contributed by atoms with Crippen LogP contribution in [0.1, 0.15) is 6.42 Å². The number of aliphatic hydroxyl groups is 1. The highest BCUT2D eigenvalue weighted by Gasteiger charge is 2.23. The summed E-state index contributed by atoms with van der Waals surface area (Å²) in [6, 6.07) is 7.61. The fourth-order valence-electron chi connectivity index (χ4n) is 2.49. The van der Waals surface area contributed by atoms with E-state index < -0.39 is 0 Å². The predicted molar refractivity (Wildman–Crippen MR) is 84.1 cm³/mol. The third-order valence-electron chi connectivity index (χ3n) is 3.61. The molecular weight excluding hydrogens is 308 g/mol. The van der Waals surface area contributed by atoms with E-state index in [0.717, 1.165) is 34.3 Å². The average Bonchev–Trinajstić information content (AvgIpc) is 3.13. The lowest BCUT2D eigenvalue weighted by molar-refractivity contribution is 0.198. The van der Waals surface area contributed by atoms with Gasteiger partial charge in [-0.15, -0.1) is 5.10 Å². The number of nitrogens with zero attached hydrogens (tertiary/aromatic N) is 4. The minimum atomic E-state index is -0.245. The summed E-state index contributed by atoms with van der Waals surface area (Å²) < 4.78 is 1.80. The molecule has 1 fully saturated rings. The highest BCUT2D eigenvalue weighted by atomic mass is 35.5. The Labute approximate surface area is 130 Å². The number of imidazole rings is 1. The van der Waals surface area contributed by atoms with Crippen LogP contribution >= 0.6 is 22.9 Å². The topological polar surface area (TPSA) is 53.7 Å². The maximum absolute atomic E-state index is 9.60. The van der Waals surface area contributed by atoms with Crippen LogP contribution in [-0.2, 0) is 0 Å². The Morgan fingerprint density at radius 1 is 1.29 bits per heavy atom. The Morgan fingerprint density at radius 3 is 2.76 bits per heavy atom. The zero-order chi connectivity index (χ0) is 14.4. The number of halogens is 1. The van der Waals surface area contributed by atoms with Gasteiger partial charge in [-0.25, -0.2) is 9.50 Å². The fraction of sp³-hybridized carbons (Fsp3) is 0.286. The normalized spacial score (nSPS) is 18.8. The number of fused-ring (bicyclic) bond motifs is 1. The minimum Gasteiger partial charge on any atom is -0.391 e. The van der Waals surface area contributed by atoms with Crippen molar-refractivity contribution in [3.63, 3.8) is 0 Å². The monoisotopic (exact) mass is 320 g/mol. The number of benzene rings is 1. The van der Waals surface area contributed by atoms with E-state index in [0.29, 0.717) is 11.6 Å². The van der Waals surface area contributed by atoms with Crippen molar-refractivity contribution in [2.24, 2.45) is 0 Å². The van der Waals surface area contributed by atoms with Crippen molar-refractivity contribution in [2.45, 2.75) is 12.5 Å². The van der Waals surface area contributed by atoms with Crippen LogP contribution < -0.4 is 4.90 Å². The molecule has 0 bridgehead atoms. The van der Waals surface area contributed by atoms with Gasteiger partial charge in [-0.3, -0.25) is 0 Å². The number of rotatable bonds is 2. The predicted octanol–water partition coefficient (Wildman–Crippen LogP) is 2.68. The summed E-state index contributed by atoms with van der Waals surface area (Å²) >= 11 is 7.44. The third kappa shape index (κ3) is 2.39. The summed E-state index contributed by atoms with van der Waals surface area (Å²) in [6.07, 6.45) is 2.48. The van der Waals surface area contributed by atoms with Gasteiger partial charge in [-0.05, 0) is 18.6 Å². The minimum absolute atomic E-state index is 0.245. The molecule has 3 heterocycles. The molecule has 1 aliphatic rings. The first-order valence-corrected chi connectivity index (χ1v) is 7.94. The highest BCUT2D eigenvalue weighted by Crippen LogP contribution is 2.29. The second kappa shape index (κ2) is 4.98. The van der Waals surface area contributed by atoms with Gasteiger partial charge >= 0.3 is 0 Å². The van der Waals surface area contributed by atoms with E-state index in [1.54, 1.807) is 15.9 Å². The summed E-state index contributed by atoms with van der Waals surface area (Å²) in [5.74, 6) is 0. The lowest BCUT2D eigenvalue weighted by Crippen LogP contribution is -2.21. The van der Waals surface area contributed by atoms with Crippen LogP contribution in [0.3, 0.4) is 0 Å². The van der Waals surface area contributed by atoms with Gasteiger partial charge in [0.15, 0.2) is 0 Å². The molecule has 0 saturated carbocycles. The Morgan fingerprint density at radius 2 is 2.10 bits per heavy atom. The molecular formula is C14H13ClN4OS.